The highest BCUT2D eigenvalue weighted by atomic mass is 19.4. The minimum Gasteiger partial charge on any atom is -0.340 e. The van der Waals surface area contributed by atoms with Gasteiger partial charge in [-0.3, -0.25) is 9.88 Å². The van der Waals surface area contributed by atoms with Gasteiger partial charge in [-0.2, -0.15) is 26.3 Å². The van der Waals surface area contributed by atoms with E-state index >= 15 is 0 Å². The summed E-state index contributed by atoms with van der Waals surface area (Å²) in [5.41, 5.74) is -0.715. The number of rotatable bonds is 5. The molecule has 3 heterocycles. The Hall–Kier alpha value is -3.73. The van der Waals surface area contributed by atoms with E-state index in [-0.39, 0.29) is 16.7 Å². The summed E-state index contributed by atoms with van der Waals surface area (Å²) < 4.78 is 80.2. The van der Waals surface area contributed by atoms with Crippen molar-refractivity contribution in [1.82, 2.24) is 19.9 Å². The van der Waals surface area contributed by atoms with Crippen LogP contribution in [0.1, 0.15) is 43.6 Å². The molecule has 40 heavy (non-hydrogen) atoms. The molecule has 2 aromatic heterocycles. The van der Waals surface area contributed by atoms with Gasteiger partial charge in [-0.05, 0) is 73.3 Å². The average Bonchev–Trinajstić information content (AvgIpc) is 2.87. The van der Waals surface area contributed by atoms with Gasteiger partial charge in [0.25, 0.3) is 0 Å². The summed E-state index contributed by atoms with van der Waals surface area (Å²) in [7, 11) is 0. The quantitative estimate of drug-likeness (QED) is 0.251. The van der Waals surface area contributed by atoms with Gasteiger partial charge in [-0.1, -0.05) is 19.9 Å². The molecule has 1 saturated heterocycles. The third-order valence-electron chi connectivity index (χ3n) is 6.95. The lowest BCUT2D eigenvalue weighted by Crippen LogP contribution is -2.39. The van der Waals surface area contributed by atoms with Crippen LogP contribution in [0.15, 0.2) is 60.8 Å². The summed E-state index contributed by atoms with van der Waals surface area (Å²) in [5.74, 6) is 0.800. The molecule has 0 bridgehead atoms. The van der Waals surface area contributed by atoms with Crippen molar-refractivity contribution in [2.24, 2.45) is 5.41 Å². The Morgan fingerprint density at radius 2 is 1.68 bits per heavy atom. The SMILES string of the molecule is CC1(C)CCCN(Cc2nc(Nc3ccc(C(F)(F)F)cc3)c3ccc(-c4ncccc4C(F)(F)F)cc3n2)C1. The predicted molar refractivity (Wildman–Crippen MR) is 141 cm³/mol. The van der Waals surface area contributed by atoms with Crippen LogP contribution in [0.5, 0.6) is 0 Å². The second kappa shape index (κ2) is 10.3. The summed E-state index contributed by atoms with van der Waals surface area (Å²) in [5, 5.41) is 3.59. The Morgan fingerprint density at radius 1 is 0.925 bits per heavy atom. The van der Waals surface area contributed by atoms with Gasteiger partial charge in [0.2, 0.25) is 0 Å². The number of anilines is 2. The van der Waals surface area contributed by atoms with Crippen LogP contribution in [-0.2, 0) is 18.9 Å². The van der Waals surface area contributed by atoms with E-state index in [4.69, 9.17) is 4.98 Å². The number of halogens is 6. The number of fused-ring (bicyclic) bond motifs is 1. The lowest BCUT2D eigenvalue weighted by atomic mass is 9.84. The monoisotopic (exact) mass is 559 g/mol. The van der Waals surface area contributed by atoms with Crippen LogP contribution in [0, 0.1) is 5.41 Å². The number of hydrogen-bond acceptors (Lipinski definition) is 5. The lowest BCUT2D eigenvalue weighted by molar-refractivity contribution is -0.138. The summed E-state index contributed by atoms with van der Waals surface area (Å²) in [6.07, 6.45) is -5.65. The summed E-state index contributed by atoms with van der Waals surface area (Å²) in [6.45, 7) is 6.49. The maximum atomic E-state index is 13.7. The lowest BCUT2D eigenvalue weighted by Gasteiger charge is -2.37. The number of likely N-dealkylation sites (tertiary alicyclic amines) is 1. The highest BCUT2D eigenvalue weighted by Gasteiger charge is 2.34. The van der Waals surface area contributed by atoms with Crippen LogP contribution in [0.4, 0.5) is 37.8 Å². The second-order valence-corrected chi connectivity index (χ2v) is 10.8. The van der Waals surface area contributed by atoms with Gasteiger partial charge in [0.1, 0.15) is 11.6 Å². The Kier molecular flexibility index (Phi) is 7.20. The predicted octanol–water partition coefficient (Wildman–Crippen LogP) is 8.10. The van der Waals surface area contributed by atoms with Gasteiger partial charge in [0.15, 0.2) is 0 Å². The van der Waals surface area contributed by atoms with E-state index in [1.54, 1.807) is 6.07 Å². The van der Waals surface area contributed by atoms with Crippen LogP contribution in [0.25, 0.3) is 22.2 Å². The first-order valence-electron chi connectivity index (χ1n) is 12.8. The van der Waals surface area contributed by atoms with Crippen molar-refractivity contribution < 1.29 is 26.3 Å². The third kappa shape index (κ3) is 6.19. The number of pyridine rings is 1. The van der Waals surface area contributed by atoms with Gasteiger partial charge in [0, 0.05) is 29.4 Å². The number of hydrogen-bond donors (Lipinski definition) is 1. The molecular weight excluding hydrogens is 532 g/mol. The molecule has 210 valence electrons. The number of nitrogens with zero attached hydrogens (tertiary/aromatic N) is 4. The van der Waals surface area contributed by atoms with Crippen molar-refractivity contribution >= 4 is 22.4 Å². The third-order valence-corrected chi connectivity index (χ3v) is 6.95. The summed E-state index contributed by atoms with van der Waals surface area (Å²) in [6, 6.07) is 11.4. The zero-order valence-corrected chi connectivity index (χ0v) is 21.9. The fourth-order valence-corrected chi connectivity index (χ4v) is 5.11. The fourth-order valence-electron chi connectivity index (χ4n) is 5.11. The molecule has 1 N–H and O–H groups in total. The zero-order valence-electron chi connectivity index (χ0n) is 21.9. The maximum absolute atomic E-state index is 13.7. The van der Waals surface area contributed by atoms with Crippen LogP contribution in [0.2, 0.25) is 0 Å². The fraction of sp³-hybridized carbons (Fsp3) is 0.345. The molecule has 11 heteroatoms. The van der Waals surface area contributed by atoms with Crippen molar-refractivity contribution in [3.63, 3.8) is 0 Å². The van der Waals surface area contributed by atoms with Crippen LogP contribution in [-0.4, -0.2) is 32.9 Å². The smallest absolute Gasteiger partial charge is 0.340 e. The Labute approximate surface area is 227 Å². The molecule has 0 amide bonds. The van der Waals surface area contributed by atoms with Gasteiger partial charge in [-0.25, -0.2) is 9.97 Å². The van der Waals surface area contributed by atoms with E-state index in [1.807, 2.05) is 0 Å². The molecule has 0 unspecified atom stereocenters. The first-order chi connectivity index (χ1) is 18.8. The Balaban J connectivity index is 1.57. The number of aromatic nitrogens is 3. The van der Waals surface area contributed by atoms with Crippen LogP contribution < -0.4 is 5.32 Å². The first kappa shape index (κ1) is 27.8. The van der Waals surface area contributed by atoms with Gasteiger partial charge in [0.05, 0.1) is 28.9 Å². The largest absolute Gasteiger partial charge is 0.418 e. The van der Waals surface area contributed by atoms with Crippen molar-refractivity contribution in [3.8, 4) is 11.3 Å². The van der Waals surface area contributed by atoms with Crippen molar-refractivity contribution in [1.29, 1.82) is 0 Å². The molecule has 0 saturated carbocycles. The van der Waals surface area contributed by atoms with Gasteiger partial charge >= 0.3 is 12.4 Å². The molecule has 1 fully saturated rings. The standard InChI is InChI=1S/C29H27F6N5/c1-27(2)12-4-14-40(17-27)16-24-38-23-15-18(25-22(29(33,34)35)5-3-13-36-25)6-11-21(23)26(39-24)37-20-9-7-19(8-10-20)28(30,31)32/h3,5-11,13,15H,4,12,14,16-17H2,1-2H3,(H,37,38,39). The second-order valence-electron chi connectivity index (χ2n) is 10.8. The molecule has 5 rings (SSSR count). The highest BCUT2D eigenvalue weighted by Crippen LogP contribution is 2.37. The molecule has 2 aromatic carbocycles. The average molecular weight is 560 g/mol. The number of nitrogens with one attached hydrogen (secondary N) is 1. The number of piperidine rings is 1. The molecule has 0 radical (unpaired) electrons. The normalized spacial score (nSPS) is 16.3. The molecule has 0 aliphatic carbocycles. The van der Waals surface area contributed by atoms with E-state index in [1.165, 1.54) is 36.5 Å². The number of alkyl halides is 6. The van der Waals surface area contributed by atoms with E-state index < -0.39 is 23.5 Å². The minimum atomic E-state index is -4.59. The highest BCUT2D eigenvalue weighted by molar-refractivity contribution is 5.93. The maximum Gasteiger partial charge on any atom is 0.418 e. The Morgan fingerprint density at radius 3 is 2.35 bits per heavy atom. The van der Waals surface area contributed by atoms with Crippen LogP contribution in [0.3, 0.4) is 0 Å². The molecule has 5 nitrogen and oxygen atoms in total. The number of benzene rings is 2. The molecule has 0 atom stereocenters. The van der Waals surface area contributed by atoms with E-state index in [0.717, 1.165) is 44.1 Å². The summed E-state index contributed by atoms with van der Waals surface area (Å²) >= 11 is 0. The van der Waals surface area contributed by atoms with Crippen molar-refractivity contribution in [2.75, 3.05) is 18.4 Å². The van der Waals surface area contributed by atoms with E-state index in [9.17, 15) is 26.3 Å². The van der Waals surface area contributed by atoms with E-state index in [0.29, 0.717) is 34.8 Å². The molecular formula is C29H27F6N5. The topological polar surface area (TPSA) is 53.9 Å². The first-order valence-corrected chi connectivity index (χ1v) is 12.8. The Bertz CT molecular complexity index is 1510. The van der Waals surface area contributed by atoms with Gasteiger partial charge < -0.3 is 5.32 Å². The molecule has 1 aliphatic heterocycles. The van der Waals surface area contributed by atoms with Gasteiger partial charge in [-0.15, -0.1) is 0 Å². The zero-order chi connectivity index (χ0) is 28.7. The van der Waals surface area contributed by atoms with Crippen molar-refractivity contribution in [3.05, 3.63) is 77.7 Å². The molecule has 1 aliphatic rings. The summed E-state index contributed by atoms with van der Waals surface area (Å²) in [4.78, 5) is 15.6. The van der Waals surface area contributed by atoms with Crippen LogP contribution >= 0.6 is 0 Å². The minimum absolute atomic E-state index is 0.122. The molecule has 4 aromatic rings. The van der Waals surface area contributed by atoms with E-state index in [2.05, 4.69) is 34.0 Å². The molecule has 0 spiro atoms. The van der Waals surface area contributed by atoms with Crippen molar-refractivity contribution in [2.45, 2.75) is 45.6 Å².